The summed E-state index contributed by atoms with van der Waals surface area (Å²) in [7, 11) is 0. The zero-order chi connectivity index (χ0) is 20.1. The Morgan fingerprint density at radius 1 is 1.21 bits per heavy atom. The molecule has 2 aromatic carbocycles. The van der Waals surface area contributed by atoms with E-state index >= 15 is 0 Å². The predicted molar refractivity (Wildman–Crippen MR) is 101 cm³/mol. The number of carbonyl (C=O) groups is 1. The maximum Gasteiger partial charge on any atom is 0.288 e. The van der Waals surface area contributed by atoms with Crippen LogP contribution in [0.1, 0.15) is 39.0 Å². The van der Waals surface area contributed by atoms with E-state index in [1.54, 1.807) is 12.1 Å². The summed E-state index contributed by atoms with van der Waals surface area (Å²) >= 11 is 0. The Morgan fingerprint density at radius 3 is 2.71 bits per heavy atom. The Bertz CT molecular complexity index is 1040. The molecular weight excluding hydrogens is 359 g/mol. The molecule has 28 heavy (non-hydrogen) atoms. The summed E-state index contributed by atoms with van der Waals surface area (Å²) in [6.45, 7) is 4.12. The van der Waals surface area contributed by atoms with E-state index in [9.17, 15) is 14.4 Å². The molecule has 0 spiro atoms. The van der Waals surface area contributed by atoms with Gasteiger partial charge in [0.2, 0.25) is 0 Å². The van der Waals surface area contributed by atoms with E-state index < -0.39 is 17.8 Å². The summed E-state index contributed by atoms with van der Waals surface area (Å²) in [6.07, 6.45) is 0. The van der Waals surface area contributed by atoms with Gasteiger partial charge in [0.05, 0.1) is 6.07 Å². The number of hydrogen-bond donors (Lipinski definition) is 1. The van der Waals surface area contributed by atoms with Crippen LogP contribution < -0.4 is 10.1 Å². The molecule has 1 heterocycles. The number of nitriles is 1. The first kappa shape index (κ1) is 19.2. The van der Waals surface area contributed by atoms with E-state index in [-0.39, 0.29) is 17.9 Å². The van der Waals surface area contributed by atoms with Crippen LogP contribution in [0.2, 0.25) is 0 Å². The van der Waals surface area contributed by atoms with Crippen molar-refractivity contribution in [2.24, 2.45) is 0 Å². The molecule has 1 unspecified atom stereocenters. The average molecular weight is 378 g/mol. The zero-order valence-electron chi connectivity index (χ0n) is 15.5. The van der Waals surface area contributed by atoms with Gasteiger partial charge in [-0.3, -0.25) is 4.79 Å². The number of amides is 1. The first-order valence-electron chi connectivity index (χ1n) is 8.71. The smallest absolute Gasteiger partial charge is 0.288 e. The topological polar surface area (TPSA) is 75.3 Å². The van der Waals surface area contributed by atoms with Gasteiger partial charge in [-0.2, -0.15) is 5.26 Å². The number of aryl methyl sites for hydroxylation is 2. The van der Waals surface area contributed by atoms with Gasteiger partial charge in [-0.25, -0.2) is 4.39 Å². The first-order chi connectivity index (χ1) is 13.5. The molecule has 3 aromatic rings. The van der Waals surface area contributed by atoms with Crippen LogP contribution >= 0.6 is 0 Å². The molecule has 0 aliphatic carbocycles. The fourth-order valence-electron chi connectivity index (χ4n) is 2.78. The van der Waals surface area contributed by atoms with E-state index in [1.807, 2.05) is 38.1 Å². The summed E-state index contributed by atoms with van der Waals surface area (Å²) in [6, 6.07) is 15.5. The van der Waals surface area contributed by atoms with E-state index in [4.69, 9.17) is 9.15 Å². The molecule has 0 radical (unpaired) electrons. The highest BCUT2D eigenvalue weighted by Crippen LogP contribution is 2.21. The standard InChI is InChI=1S/C22H19FN2O3/c1-14-7-9-20(15(2)11-14)27-13-16-8-10-21(28-16)22(26)25-19(12-24)17-5-3-4-6-18(17)23/h3-11,19H,13H2,1-2H3,(H,25,26). The second-order valence-corrected chi connectivity index (χ2v) is 6.38. The Kier molecular flexibility index (Phi) is 5.75. The van der Waals surface area contributed by atoms with Crippen LogP contribution in [0.15, 0.2) is 59.0 Å². The van der Waals surface area contributed by atoms with Gasteiger partial charge in [0.25, 0.3) is 5.91 Å². The molecule has 0 fully saturated rings. The Morgan fingerprint density at radius 2 is 2.00 bits per heavy atom. The predicted octanol–water partition coefficient (Wildman–Crippen LogP) is 4.61. The Labute approximate surface area is 162 Å². The van der Waals surface area contributed by atoms with E-state index in [2.05, 4.69) is 5.32 Å². The summed E-state index contributed by atoms with van der Waals surface area (Å²) in [5.41, 5.74) is 2.25. The molecule has 1 amide bonds. The number of ether oxygens (including phenoxy) is 1. The van der Waals surface area contributed by atoms with Crippen LogP contribution in [0, 0.1) is 31.0 Å². The van der Waals surface area contributed by atoms with Gasteiger partial charge in [-0.05, 0) is 43.7 Å². The van der Waals surface area contributed by atoms with Crippen LogP contribution in [0.3, 0.4) is 0 Å². The number of furan rings is 1. The molecule has 3 rings (SSSR count). The quantitative estimate of drug-likeness (QED) is 0.680. The van der Waals surface area contributed by atoms with Crippen LogP contribution in [0.4, 0.5) is 4.39 Å². The second kappa shape index (κ2) is 8.40. The molecule has 142 valence electrons. The summed E-state index contributed by atoms with van der Waals surface area (Å²) < 4.78 is 25.1. The minimum absolute atomic E-state index is 0.0239. The normalized spacial score (nSPS) is 11.5. The number of benzene rings is 2. The molecule has 6 heteroatoms. The maximum atomic E-state index is 13.9. The maximum absolute atomic E-state index is 13.9. The van der Waals surface area contributed by atoms with Gasteiger partial charge >= 0.3 is 0 Å². The molecule has 1 N–H and O–H groups in total. The molecule has 0 bridgehead atoms. The molecule has 1 aromatic heterocycles. The van der Waals surface area contributed by atoms with Gasteiger partial charge in [-0.1, -0.05) is 35.9 Å². The summed E-state index contributed by atoms with van der Waals surface area (Å²) in [5.74, 6) is 0.0568. The molecule has 0 aliphatic rings. The van der Waals surface area contributed by atoms with Gasteiger partial charge < -0.3 is 14.5 Å². The first-order valence-corrected chi connectivity index (χ1v) is 8.71. The van der Waals surface area contributed by atoms with Crippen LogP contribution in [-0.2, 0) is 6.61 Å². The van der Waals surface area contributed by atoms with Crippen LogP contribution in [-0.4, -0.2) is 5.91 Å². The number of rotatable bonds is 6. The highest BCUT2D eigenvalue weighted by Gasteiger charge is 2.20. The Hall–Kier alpha value is -3.59. The van der Waals surface area contributed by atoms with Crippen molar-refractivity contribution < 1.29 is 18.3 Å². The molecule has 1 atom stereocenters. The molecule has 5 nitrogen and oxygen atoms in total. The Balaban J connectivity index is 1.65. The third-order valence-electron chi connectivity index (χ3n) is 4.21. The lowest BCUT2D eigenvalue weighted by Gasteiger charge is -2.11. The number of hydrogen-bond acceptors (Lipinski definition) is 4. The third kappa shape index (κ3) is 4.38. The van der Waals surface area contributed by atoms with Gasteiger partial charge in [-0.15, -0.1) is 0 Å². The van der Waals surface area contributed by atoms with Crippen molar-refractivity contribution in [3.05, 3.63) is 88.6 Å². The van der Waals surface area contributed by atoms with Crippen molar-refractivity contribution >= 4 is 5.91 Å². The van der Waals surface area contributed by atoms with Crippen LogP contribution in [0.5, 0.6) is 5.75 Å². The minimum Gasteiger partial charge on any atom is -0.485 e. The molecule has 0 saturated heterocycles. The highest BCUT2D eigenvalue weighted by atomic mass is 19.1. The van der Waals surface area contributed by atoms with Crippen molar-refractivity contribution in [1.29, 1.82) is 5.26 Å². The number of carbonyl (C=O) groups excluding carboxylic acids is 1. The van der Waals surface area contributed by atoms with E-state index in [0.717, 1.165) is 16.9 Å². The number of halogens is 1. The third-order valence-corrected chi connectivity index (χ3v) is 4.21. The van der Waals surface area contributed by atoms with Gasteiger partial charge in [0, 0.05) is 5.56 Å². The van der Waals surface area contributed by atoms with Crippen molar-refractivity contribution in [1.82, 2.24) is 5.32 Å². The van der Waals surface area contributed by atoms with Gasteiger partial charge in [0.15, 0.2) is 5.76 Å². The zero-order valence-corrected chi connectivity index (χ0v) is 15.5. The lowest BCUT2D eigenvalue weighted by atomic mass is 10.1. The molecular formula is C22H19FN2O3. The highest BCUT2D eigenvalue weighted by molar-refractivity contribution is 5.92. The lowest BCUT2D eigenvalue weighted by Crippen LogP contribution is -2.27. The van der Waals surface area contributed by atoms with E-state index in [0.29, 0.717) is 5.76 Å². The summed E-state index contributed by atoms with van der Waals surface area (Å²) in [5, 5.41) is 11.7. The van der Waals surface area contributed by atoms with E-state index in [1.165, 1.54) is 24.3 Å². The molecule has 0 saturated carbocycles. The van der Waals surface area contributed by atoms with Crippen molar-refractivity contribution in [3.63, 3.8) is 0 Å². The minimum atomic E-state index is -1.12. The summed E-state index contributed by atoms with van der Waals surface area (Å²) in [4.78, 5) is 12.4. The van der Waals surface area contributed by atoms with Gasteiger partial charge in [0.1, 0.15) is 30.0 Å². The van der Waals surface area contributed by atoms with Crippen LogP contribution in [0.25, 0.3) is 0 Å². The largest absolute Gasteiger partial charge is 0.485 e. The number of nitrogens with zero attached hydrogens (tertiary/aromatic N) is 1. The second-order valence-electron chi connectivity index (χ2n) is 6.38. The fourth-order valence-corrected chi connectivity index (χ4v) is 2.78. The lowest BCUT2D eigenvalue weighted by molar-refractivity contribution is 0.0912. The monoisotopic (exact) mass is 378 g/mol. The van der Waals surface area contributed by atoms with Crippen molar-refractivity contribution in [2.75, 3.05) is 0 Å². The average Bonchev–Trinajstić information content (AvgIpc) is 3.15. The van der Waals surface area contributed by atoms with Crippen molar-refractivity contribution in [2.45, 2.75) is 26.5 Å². The fraction of sp³-hybridized carbons (Fsp3) is 0.182. The molecule has 0 aliphatic heterocycles. The number of nitrogens with one attached hydrogen (secondary N) is 1. The SMILES string of the molecule is Cc1ccc(OCc2ccc(C(=O)NC(C#N)c3ccccc3F)o2)c(C)c1. The van der Waals surface area contributed by atoms with Crippen molar-refractivity contribution in [3.8, 4) is 11.8 Å².